The van der Waals surface area contributed by atoms with Crippen molar-refractivity contribution < 1.29 is 4.74 Å². The number of ether oxygens (including phenoxy) is 1. The van der Waals surface area contributed by atoms with Gasteiger partial charge in [-0.15, -0.1) is 0 Å². The number of hydrogen-bond acceptors (Lipinski definition) is 3. The van der Waals surface area contributed by atoms with Crippen LogP contribution in [0.3, 0.4) is 0 Å². The Kier molecular flexibility index (Phi) is 5.63. The quantitative estimate of drug-likeness (QED) is 0.810. The molecule has 1 aliphatic rings. The van der Waals surface area contributed by atoms with Crippen LogP contribution in [-0.2, 0) is 0 Å². The fourth-order valence-electron chi connectivity index (χ4n) is 4.10. The van der Waals surface area contributed by atoms with Gasteiger partial charge in [0.1, 0.15) is 5.75 Å². The lowest BCUT2D eigenvalue weighted by atomic mass is 9.70. The van der Waals surface area contributed by atoms with Gasteiger partial charge in [0.25, 0.3) is 0 Å². The molecule has 0 aliphatic heterocycles. The third kappa shape index (κ3) is 3.76. The number of rotatable bonds is 7. The zero-order valence-corrected chi connectivity index (χ0v) is 14.0. The molecule has 1 aliphatic carbocycles. The summed E-state index contributed by atoms with van der Waals surface area (Å²) in [6.07, 6.45) is 10.4. The van der Waals surface area contributed by atoms with Crippen LogP contribution in [0.2, 0.25) is 0 Å². The van der Waals surface area contributed by atoms with E-state index in [1.807, 2.05) is 6.20 Å². The number of pyridine rings is 1. The molecule has 0 bridgehead atoms. The van der Waals surface area contributed by atoms with Gasteiger partial charge in [-0.2, -0.15) is 0 Å². The van der Waals surface area contributed by atoms with E-state index >= 15 is 0 Å². The maximum absolute atomic E-state index is 5.37. The molecule has 1 saturated carbocycles. The Morgan fingerprint density at radius 3 is 2.57 bits per heavy atom. The summed E-state index contributed by atoms with van der Waals surface area (Å²) < 4.78 is 5.37. The molecule has 0 saturated heterocycles. The van der Waals surface area contributed by atoms with Crippen molar-refractivity contribution in [2.45, 2.75) is 58.9 Å². The van der Waals surface area contributed by atoms with Crippen molar-refractivity contribution in [1.29, 1.82) is 0 Å². The minimum atomic E-state index is 0.373. The minimum Gasteiger partial charge on any atom is -0.495 e. The van der Waals surface area contributed by atoms with E-state index < -0.39 is 0 Å². The van der Waals surface area contributed by atoms with Crippen molar-refractivity contribution in [3.8, 4) is 5.75 Å². The molecule has 118 valence electrons. The lowest BCUT2D eigenvalue weighted by Gasteiger charge is -2.40. The van der Waals surface area contributed by atoms with Crippen LogP contribution in [0.1, 0.15) is 64.5 Å². The van der Waals surface area contributed by atoms with E-state index in [2.05, 4.69) is 37.1 Å². The highest BCUT2D eigenvalue weighted by Gasteiger charge is 2.42. The highest BCUT2D eigenvalue weighted by molar-refractivity contribution is 5.28. The van der Waals surface area contributed by atoms with Gasteiger partial charge in [0.2, 0.25) is 0 Å². The first kappa shape index (κ1) is 16.3. The summed E-state index contributed by atoms with van der Waals surface area (Å²) in [7, 11) is 1.71. The van der Waals surface area contributed by atoms with Crippen molar-refractivity contribution in [2.75, 3.05) is 13.7 Å². The number of nitrogens with zero attached hydrogens (tertiary/aromatic N) is 1. The third-order valence-corrected chi connectivity index (χ3v) is 4.74. The van der Waals surface area contributed by atoms with Gasteiger partial charge >= 0.3 is 0 Å². The molecule has 21 heavy (non-hydrogen) atoms. The lowest BCUT2D eigenvalue weighted by Crippen LogP contribution is -2.37. The zero-order valence-electron chi connectivity index (χ0n) is 14.0. The second kappa shape index (κ2) is 7.26. The van der Waals surface area contributed by atoms with Crippen LogP contribution in [0.15, 0.2) is 18.5 Å². The topological polar surface area (TPSA) is 34.2 Å². The summed E-state index contributed by atoms with van der Waals surface area (Å²) in [6, 6.07) is 2.54. The standard InChI is InChI=1S/C18H30N2O/c1-5-20-17(15-10-16(21-4)13-19-12-15)18(11-14(2)3)8-6-7-9-18/h10,12-14,17,20H,5-9,11H2,1-4H3. The number of aromatic nitrogens is 1. The molecule has 3 heteroatoms. The largest absolute Gasteiger partial charge is 0.495 e. The summed E-state index contributed by atoms with van der Waals surface area (Å²) in [6.45, 7) is 7.86. The fourth-order valence-corrected chi connectivity index (χ4v) is 4.10. The Balaban J connectivity index is 2.34. The first-order valence-corrected chi connectivity index (χ1v) is 8.33. The molecule has 1 atom stereocenters. The summed E-state index contributed by atoms with van der Waals surface area (Å²) in [4.78, 5) is 4.38. The zero-order chi connectivity index (χ0) is 15.3. The molecule has 1 fully saturated rings. The molecule has 0 radical (unpaired) electrons. The number of nitrogens with one attached hydrogen (secondary N) is 1. The summed E-state index contributed by atoms with van der Waals surface area (Å²) in [5, 5.41) is 3.74. The van der Waals surface area contributed by atoms with Gasteiger partial charge in [-0.25, -0.2) is 0 Å². The van der Waals surface area contributed by atoms with Crippen molar-refractivity contribution in [2.24, 2.45) is 11.3 Å². The summed E-state index contributed by atoms with van der Waals surface area (Å²) >= 11 is 0. The Morgan fingerprint density at radius 1 is 1.29 bits per heavy atom. The van der Waals surface area contributed by atoms with Crippen molar-refractivity contribution >= 4 is 0 Å². The van der Waals surface area contributed by atoms with Crippen LogP contribution in [-0.4, -0.2) is 18.6 Å². The average molecular weight is 290 g/mol. The Labute approximate surface area is 129 Å². The SMILES string of the molecule is CCNC(c1cncc(OC)c1)C1(CC(C)C)CCCC1. The molecule has 1 aromatic rings. The molecular weight excluding hydrogens is 260 g/mol. The maximum atomic E-state index is 5.37. The maximum Gasteiger partial charge on any atom is 0.137 e. The lowest BCUT2D eigenvalue weighted by molar-refractivity contribution is 0.156. The molecule has 2 rings (SSSR count). The van der Waals surface area contributed by atoms with Gasteiger partial charge in [0, 0.05) is 12.2 Å². The Morgan fingerprint density at radius 2 is 2.00 bits per heavy atom. The summed E-state index contributed by atoms with van der Waals surface area (Å²) in [5.41, 5.74) is 1.65. The van der Waals surface area contributed by atoms with E-state index in [4.69, 9.17) is 4.74 Å². The molecule has 0 aromatic carbocycles. The van der Waals surface area contributed by atoms with E-state index in [-0.39, 0.29) is 0 Å². The van der Waals surface area contributed by atoms with Gasteiger partial charge in [0.05, 0.1) is 13.3 Å². The predicted molar refractivity (Wildman–Crippen MR) is 87.6 cm³/mol. The highest BCUT2D eigenvalue weighted by Crippen LogP contribution is 2.51. The van der Waals surface area contributed by atoms with Gasteiger partial charge in [-0.1, -0.05) is 33.6 Å². The summed E-state index contributed by atoms with van der Waals surface area (Å²) in [5.74, 6) is 1.58. The van der Waals surface area contributed by atoms with Crippen molar-refractivity contribution in [3.63, 3.8) is 0 Å². The van der Waals surface area contributed by atoms with Crippen molar-refractivity contribution in [3.05, 3.63) is 24.0 Å². The predicted octanol–water partition coefficient (Wildman–Crippen LogP) is 4.35. The fraction of sp³-hybridized carbons (Fsp3) is 0.722. The van der Waals surface area contributed by atoms with E-state index in [9.17, 15) is 0 Å². The van der Waals surface area contributed by atoms with Gasteiger partial charge in [0.15, 0.2) is 0 Å². The molecule has 1 unspecified atom stereocenters. The minimum absolute atomic E-state index is 0.373. The number of methoxy groups -OCH3 is 1. The van der Waals surface area contributed by atoms with Crippen molar-refractivity contribution in [1.82, 2.24) is 10.3 Å². The van der Waals surface area contributed by atoms with Gasteiger partial charge < -0.3 is 10.1 Å². The smallest absolute Gasteiger partial charge is 0.137 e. The highest BCUT2D eigenvalue weighted by atomic mass is 16.5. The first-order valence-electron chi connectivity index (χ1n) is 8.33. The molecule has 0 spiro atoms. The molecular formula is C18H30N2O. The van der Waals surface area contributed by atoms with E-state index in [0.717, 1.165) is 18.2 Å². The first-order chi connectivity index (χ1) is 10.1. The second-order valence-corrected chi connectivity index (χ2v) is 6.82. The van der Waals surface area contributed by atoms with Crippen LogP contribution in [0.5, 0.6) is 5.75 Å². The third-order valence-electron chi connectivity index (χ3n) is 4.74. The molecule has 1 aromatic heterocycles. The van der Waals surface area contributed by atoms with Gasteiger partial charge in [-0.3, -0.25) is 4.98 Å². The monoisotopic (exact) mass is 290 g/mol. The van der Waals surface area contributed by atoms with E-state index in [1.165, 1.54) is 37.7 Å². The Bertz CT molecular complexity index is 439. The molecule has 1 heterocycles. The Hall–Kier alpha value is -1.09. The normalized spacial score (nSPS) is 18.9. The van der Waals surface area contributed by atoms with Crippen LogP contribution >= 0.6 is 0 Å². The molecule has 1 N–H and O–H groups in total. The second-order valence-electron chi connectivity index (χ2n) is 6.82. The van der Waals surface area contributed by atoms with Crippen LogP contribution in [0.4, 0.5) is 0 Å². The van der Waals surface area contributed by atoms with E-state index in [1.54, 1.807) is 13.3 Å². The molecule has 0 amide bonds. The van der Waals surface area contributed by atoms with Crippen LogP contribution < -0.4 is 10.1 Å². The van der Waals surface area contributed by atoms with Crippen LogP contribution in [0, 0.1) is 11.3 Å². The van der Waals surface area contributed by atoms with Gasteiger partial charge in [-0.05, 0) is 48.8 Å². The van der Waals surface area contributed by atoms with Crippen LogP contribution in [0.25, 0.3) is 0 Å². The molecule has 3 nitrogen and oxygen atoms in total. The van der Waals surface area contributed by atoms with E-state index in [0.29, 0.717) is 11.5 Å². The number of hydrogen-bond donors (Lipinski definition) is 1. The average Bonchev–Trinajstić information content (AvgIpc) is 2.93.